The molecule has 3 unspecified atom stereocenters. The molecule has 0 bridgehead atoms. The number of halogens is 2. The Morgan fingerprint density at radius 1 is 1.03 bits per heavy atom. The molecule has 6 nitrogen and oxygen atoms in total. The van der Waals surface area contributed by atoms with Crippen molar-refractivity contribution in [2.45, 2.75) is 39.3 Å². The zero-order chi connectivity index (χ0) is 24.1. The van der Waals surface area contributed by atoms with Gasteiger partial charge in [0.05, 0.1) is 10.0 Å². The van der Waals surface area contributed by atoms with Crippen molar-refractivity contribution in [2.24, 2.45) is 5.92 Å². The fourth-order valence-electron chi connectivity index (χ4n) is 3.95. The van der Waals surface area contributed by atoms with Gasteiger partial charge in [0.2, 0.25) is 5.91 Å². The van der Waals surface area contributed by atoms with Crippen LogP contribution >= 0.6 is 23.2 Å². The molecule has 2 aromatic carbocycles. The number of amides is 3. The maximum absolute atomic E-state index is 13.4. The summed E-state index contributed by atoms with van der Waals surface area (Å²) >= 11 is 12.0. The average Bonchev–Trinajstić information content (AvgIpc) is 2.83. The van der Waals surface area contributed by atoms with Crippen LogP contribution in [0.2, 0.25) is 10.0 Å². The van der Waals surface area contributed by atoms with E-state index in [2.05, 4.69) is 5.32 Å². The molecule has 1 fully saturated rings. The van der Waals surface area contributed by atoms with Crippen molar-refractivity contribution in [3.8, 4) is 0 Å². The van der Waals surface area contributed by atoms with Crippen molar-refractivity contribution in [2.75, 3.05) is 19.6 Å². The third-order valence-electron chi connectivity index (χ3n) is 6.17. The number of rotatable bonds is 6. The number of piperazine rings is 1. The van der Waals surface area contributed by atoms with E-state index in [1.54, 1.807) is 34.1 Å². The van der Waals surface area contributed by atoms with Gasteiger partial charge in [-0.15, -0.1) is 0 Å². The molecule has 1 saturated heterocycles. The lowest BCUT2D eigenvalue weighted by molar-refractivity contribution is -0.137. The summed E-state index contributed by atoms with van der Waals surface area (Å²) in [5.74, 6) is -0.625. The largest absolute Gasteiger partial charge is 0.340 e. The highest BCUT2D eigenvalue weighted by atomic mass is 35.5. The second-order valence-corrected chi connectivity index (χ2v) is 9.28. The number of carbonyl (C=O) groups is 3. The minimum Gasteiger partial charge on any atom is -0.340 e. The van der Waals surface area contributed by atoms with Crippen molar-refractivity contribution < 1.29 is 14.4 Å². The summed E-state index contributed by atoms with van der Waals surface area (Å²) in [6.45, 7) is 7.12. The quantitative estimate of drug-likeness (QED) is 0.648. The summed E-state index contributed by atoms with van der Waals surface area (Å²) in [6, 6.07) is 13.0. The number of carbonyl (C=O) groups excluding carboxylic acids is 3. The van der Waals surface area contributed by atoms with E-state index in [4.69, 9.17) is 23.2 Å². The van der Waals surface area contributed by atoms with Crippen molar-refractivity contribution in [3.63, 3.8) is 0 Å². The van der Waals surface area contributed by atoms with Gasteiger partial charge in [-0.1, -0.05) is 61.7 Å². The van der Waals surface area contributed by atoms with Crippen molar-refractivity contribution in [3.05, 3.63) is 69.7 Å². The van der Waals surface area contributed by atoms with Crippen LogP contribution in [0, 0.1) is 5.92 Å². The Labute approximate surface area is 204 Å². The summed E-state index contributed by atoms with van der Waals surface area (Å²) < 4.78 is 0. The molecule has 0 aliphatic carbocycles. The monoisotopic (exact) mass is 489 g/mol. The molecule has 0 aromatic heterocycles. The van der Waals surface area contributed by atoms with Gasteiger partial charge in [0.25, 0.3) is 11.8 Å². The molecule has 1 aliphatic rings. The van der Waals surface area contributed by atoms with Crippen molar-refractivity contribution in [1.82, 2.24) is 15.1 Å². The fraction of sp³-hybridized carbons (Fsp3) is 0.400. The van der Waals surface area contributed by atoms with E-state index in [9.17, 15) is 14.4 Å². The van der Waals surface area contributed by atoms with Crippen LogP contribution in [0.1, 0.15) is 47.9 Å². The molecule has 3 rings (SSSR count). The van der Waals surface area contributed by atoms with E-state index in [0.29, 0.717) is 35.8 Å². The first kappa shape index (κ1) is 25.1. The molecule has 1 aliphatic heterocycles. The molecule has 2 aromatic rings. The van der Waals surface area contributed by atoms with Crippen molar-refractivity contribution in [1.29, 1.82) is 0 Å². The Balaban J connectivity index is 1.70. The third kappa shape index (κ3) is 5.87. The third-order valence-corrected chi connectivity index (χ3v) is 6.91. The van der Waals surface area contributed by atoms with Gasteiger partial charge in [0, 0.05) is 36.8 Å². The topological polar surface area (TPSA) is 69.7 Å². The number of benzene rings is 2. The number of nitrogens with one attached hydrogen (secondary N) is 1. The summed E-state index contributed by atoms with van der Waals surface area (Å²) in [7, 11) is 0. The van der Waals surface area contributed by atoms with Crippen LogP contribution in [0.15, 0.2) is 48.5 Å². The van der Waals surface area contributed by atoms with E-state index in [1.165, 1.54) is 6.07 Å². The normalized spacial score (nSPS) is 17.9. The minimum absolute atomic E-state index is 0.0402. The highest BCUT2D eigenvalue weighted by Crippen LogP contribution is 2.23. The lowest BCUT2D eigenvalue weighted by Gasteiger charge is -2.41. The van der Waals surface area contributed by atoms with Crippen LogP contribution < -0.4 is 5.32 Å². The molecule has 1 N–H and O–H groups in total. The summed E-state index contributed by atoms with van der Waals surface area (Å²) in [5, 5.41) is 3.53. The maximum Gasteiger partial charge on any atom is 0.254 e. The Morgan fingerprint density at radius 3 is 2.33 bits per heavy atom. The second-order valence-electron chi connectivity index (χ2n) is 8.46. The number of hydrogen-bond donors (Lipinski definition) is 1. The van der Waals surface area contributed by atoms with Crippen molar-refractivity contribution >= 4 is 40.9 Å². The molecule has 0 spiro atoms. The summed E-state index contributed by atoms with van der Waals surface area (Å²) in [4.78, 5) is 42.7. The lowest BCUT2D eigenvalue weighted by atomic mass is 9.96. The van der Waals surface area contributed by atoms with E-state index in [-0.39, 0.29) is 34.7 Å². The minimum atomic E-state index is -0.680. The first-order valence-corrected chi connectivity index (χ1v) is 11.9. The summed E-state index contributed by atoms with van der Waals surface area (Å²) in [6.07, 6.45) is 0.722. The van der Waals surface area contributed by atoms with Gasteiger partial charge in [-0.3, -0.25) is 14.4 Å². The first-order valence-electron chi connectivity index (χ1n) is 11.1. The molecular formula is C25H29Cl2N3O3. The number of nitrogens with zero attached hydrogens (tertiary/aromatic N) is 2. The molecule has 3 atom stereocenters. The predicted molar refractivity (Wildman–Crippen MR) is 131 cm³/mol. The Morgan fingerprint density at radius 2 is 1.73 bits per heavy atom. The van der Waals surface area contributed by atoms with E-state index in [0.717, 1.165) is 6.42 Å². The SMILES string of the molecule is CCC(C)C(NC(=O)c1ccc(Cl)c(Cl)c1)C(=O)N1CCN(C(=O)c2ccccc2)C(C)C1. The maximum atomic E-state index is 13.4. The van der Waals surface area contributed by atoms with Crippen LogP contribution in [-0.4, -0.2) is 59.2 Å². The molecule has 33 heavy (non-hydrogen) atoms. The molecule has 0 saturated carbocycles. The average molecular weight is 490 g/mol. The second kappa shape index (κ2) is 11.0. The van der Waals surface area contributed by atoms with Crippen LogP contribution in [-0.2, 0) is 4.79 Å². The highest BCUT2D eigenvalue weighted by molar-refractivity contribution is 6.42. The summed E-state index contributed by atoms with van der Waals surface area (Å²) in [5.41, 5.74) is 0.979. The highest BCUT2D eigenvalue weighted by Gasteiger charge is 2.35. The van der Waals surface area contributed by atoms with Gasteiger partial charge < -0.3 is 15.1 Å². The lowest BCUT2D eigenvalue weighted by Crippen LogP contribution is -2.60. The van der Waals surface area contributed by atoms with Gasteiger partial charge in [-0.25, -0.2) is 0 Å². The molecular weight excluding hydrogens is 461 g/mol. The smallest absolute Gasteiger partial charge is 0.254 e. The molecule has 176 valence electrons. The van der Waals surface area contributed by atoms with Crippen LogP contribution in [0.25, 0.3) is 0 Å². The standard InChI is InChI=1S/C25H29Cl2N3O3/c1-4-16(2)22(28-23(31)19-10-11-20(26)21(27)14-19)25(33)29-12-13-30(17(3)15-29)24(32)18-8-6-5-7-9-18/h5-11,14,16-17,22H,4,12-13,15H2,1-3H3,(H,28,31). The van der Waals surface area contributed by atoms with E-state index < -0.39 is 6.04 Å². The van der Waals surface area contributed by atoms with Gasteiger partial charge >= 0.3 is 0 Å². The fourth-order valence-corrected chi connectivity index (χ4v) is 4.25. The first-order chi connectivity index (χ1) is 15.7. The Bertz CT molecular complexity index is 1020. The van der Waals surface area contributed by atoms with Crippen LogP contribution in [0.5, 0.6) is 0 Å². The van der Waals surface area contributed by atoms with Gasteiger partial charge in [-0.2, -0.15) is 0 Å². The van der Waals surface area contributed by atoms with E-state index in [1.807, 2.05) is 39.0 Å². The number of hydrogen-bond acceptors (Lipinski definition) is 3. The van der Waals surface area contributed by atoms with Gasteiger partial charge in [-0.05, 0) is 43.2 Å². The Kier molecular flexibility index (Phi) is 8.38. The zero-order valence-electron chi connectivity index (χ0n) is 19.1. The van der Waals surface area contributed by atoms with Gasteiger partial charge in [0.15, 0.2) is 0 Å². The molecule has 1 heterocycles. The molecule has 0 radical (unpaired) electrons. The molecule has 3 amide bonds. The van der Waals surface area contributed by atoms with Crippen LogP contribution in [0.3, 0.4) is 0 Å². The predicted octanol–water partition coefficient (Wildman–Crippen LogP) is 4.51. The van der Waals surface area contributed by atoms with E-state index >= 15 is 0 Å². The molecule has 8 heteroatoms. The zero-order valence-corrected chi connectivity index (χ0v) is 20.6. The van der Waals surface area contributed by atoms with Gasteiger partial charge in [0.1, 0.15) is 6.04 Å². The Hall–Kier alpha value is -2.57. The van der Waals surface area contributed by atoms with Crippen LogP contribution in [0.4, 0.5) is 0 Å².